The fraction of sp³-hybridized carbons (Fsp3) is 0.462. The van der Waals surface area contributed by atoms with Crippen LogP contribution in [0.5, 0.6) is 5.75 Å². The number of hydrogen-bond acceptors (Lipinski definition) is 4. The van der Waals surface area contributed by atoms with Gasteiger partial charge < -0.3 is 15.2 Å². The SMILES string of the molecule is COC(=O)COc1ccc2c(c1)CCCC2N. The smallest absolute Gasteiger partial charge is 0.343 e. The number of hydrogen-bond donors (Lipinski definition) is 1. The summed E-state index contributed by atoms with van der Waals surface area (Å²) in [7, 11) is 1.34. The number of methoxy groups -OCH3 is 1. The number of ether oxygens (including phenoxy) is 2. The molecule has 0 saturated heterocycles. The standard InChI is InChI=1S/C13H17NO3/c1-16-13(15)8-17-10-5-6-11-9(7-10)3-2-4-12(11)14/h5-7,12H,2-4,8,14H2,1H3. The highest BCUT2D eigenvalue weighted by Gasteiger charge is 2.17. The first-order chi connectivity index (χ1) is 8.20. The molecule has 17 heavy (non-hydrogen) atoms. The van der Waals surface area contributed by atoms with Gasteiger partial charge in [0.05, 0.1) is 7.11 Å². The van der Waals surface area contributed by atoms with Gasteiger partial charge in [0.25, 0.3) is 0 Å². The van der Waals surface area contributed by atoms with Gasteiger partial charge in [-0.05, 0) is 42.5 Å². The molecule has 0 heterocycles. The maximum absolute atomic E-state index is 11.0. The predicted octanol–water partition coefficient (Wildman–Crippen LogP) is 1.57. The summed E-state index contributed by atoms with van der Waals surface area (Å²) >= 11 is 0. The fourth-order valence-electron chi connectivity index (χ4n) is 2.12. The van der Waals surface area contributed by atoms with Gasteiger partial charge in [0, 0.05) is 6.04 Å². The van der Waals surface area contributed by atoms with Gasteiger partial charge in [-0.3, -0.25) is 0 Å². The van der Waals surface area contributed by atoms with Crippen molar-refractivity contribution in [2.45, 2.75) is 25.3 Å². The highest BCUT2D eigenvalue weighted by molar-refractivity contribution is 5.70. The molecule has 1 aromatic carbocycles. The van der Waals surface area contributed by atoms with Crippen molar-refractivity contribution < 1.29 is 14.3 Å². The van der Waals surface area contributed by atoms with E-state index in [1.807, 2.05) is 18.2 Å². The molecule has 2 rings (SSSR count). The van der Waals surface area contributed by atoms with Crippen LogP contribution in [0.4, 0.5) is 0 Å². The Morgan fingerprint density at radius 2 is 2.35 bits per heavy atom. The molecule has 1 aromatic rings. The van der Waals surface area contributed by atoms with E-state index in [1.165, 1.54) is 18.2 Å². The van der Waals surface area contributed by atoms with Crippen LogP contribution in [-0.2, 0) is 16.0 Å². The third-order valence-corrected chi connectivity index (χ3v) is 3.06. The van der Waals surface area contributed by atoms with Gasteiger partial charge in [-0.1, -0.05) is 6.07 Å². The summed E-state index contributed by atoms with van der Waals surface area (Å²) in [5.41, 5.74) is 8.45. The molecule has 1 aliphatic carbocycles. The van der Waals surface area contributed by atoms with Crippen LogP contribution in [0.1, 0.15) is 30.0 Å². The van der Waals surface area contributed by atoms with E-state index >= 15 is 0 Å². The van der Waals surface area contributed by atoms with Crippen molar-refractivity contribution in [1.82, 2.24) is 0 Å². The van der Waals surface area contributed by atoms with Crippen molar-refractivity contribution in [1.29, 1.82) is 0 Å². The summed E-state index contributed by atoms with van der Waals surface area (Å²) in [5, 5.41) is 0. The number of benzene rings is 1. The number of fused-ring (bicyclic) bond motifs is 1. The minimum atomic E-state index is -0.376. The molecule has 1 aliphatic rings. The third-order valence-electron chi connectivity index (χ3n) is 3.06. The first-order valence-corrected chi connectivity index (χ1v) is 5.78. The Morgan fingerprint density at radius 1 is 1.53 bits per heavy atom. The zero-order valence-electron chi connectivity index (χ0n) is 9.94. The summed E-state index contributed by atoms with van der Waals surface area (Å²) in [4.78, 5) is 11.0. The van der Waals surface area contributed by atoms with Crippen molar-refractivity contribution in [2.24, 2.45) is 5.73 Å². The van der Waals surface area contributed by atoms with Gasteiger partial charge in [-0.15, -0.1) is 0 Å². The highest BCUT2D eigenvalue weighted by Crippen LogP contribution is 2.30. The Balaban J connectivity index is 2.08. The van der Waals surface area contributed by atoms with E-state index in [4.69, 9.17) is 10.5 Å². The number of rotatable bonds is 3. The molecule has 0 spiro atoms. The highest BCUT2D eigenvalue weighted by atomic mass is 16.6. The zero-order chi connectivity index (χ0) is 12.3. The maximum atomic E-state index is 11.0. The summed E-state index contributed by atoms with van der Waals surface area (Å²) in [6, 6.07) is 5.95. The van der Waals surface area contributed by atoms with Crippen LogP contribution >= 0.6 is 0 Å². The van der Waals surface area contributed by atoms with Crippen molar-refractivity contribution in [2.75, 3.05) is 13.7 Å². The number of nitrogens with two attached hydrogens (primary N) is 1. The number of esters is 1. The van der Waals surface area contributed by atoms with Crippen LogP contribution in [0.15, 0.2) is 18.2 Å². The first-order valence-electron chi connectivity index (χ1n) is 5.78. The molecule has 1 unspecified atom stereocenters. The molecule has 92 valence electrons. The van der Waals surface area contributed by atoms with E-state index in [0.717, 1.165) is 19.3 Å². The van der Waals surface area contributed by atoms with Crippen LogP contribution < -0.4 is 10.5 Å². The summed E-state index contributed by atoms with van der Waals surface area (Å²) < 4.78 is 9.86. The summed E-state index contributed by atoms with van der Waals surface area (Å²) in [6.07, 6.45) is 3.17. The van der Waals surface area contributed by atoms with Crippen molar-refractivity contribution in [3.8, 4) is 5.75 Å². The minimum Gasteiger partial charge on any atom is -0.482 e. The molecule has 0 aromatic heterocycles. The minimum absolute atomic E-state index is 0.0542. The lowest BCUT2D eigenvalue weighted by atomic mass is 9.88. The quantitative estimate of drug-likeness (QED) is 0.808. The van der Waals surface area contributed by atoms with E-state index in [2.05, 4.69) is 4.74 Å². The molecule has 0 amide bonds. The zero-order valence-corrected chi connectivity index (χ0v) is 9.94. The molecule has 0 bridgehead atoms. The Morgan fingerprint density at radius 3 is 3.12 bits per heavy atom. The molecular weight excluding hydrogens is 218 g/mol. The van der Waals surface area contributed by atoms with Crippen LogP contribution in [0.3, 0.4) is 0 Å². The van der Waals surface area contributed by atoms with Crippen molar-refractivity contribution in [3.05, 3.63) is 29.3 Å². The molecule has 2 N–H and O–H groups in total. The fourth-order valence-corrected chi connectivity index (χ4v) is 2.12. The molecule has 1 atom stereocenters. The van der Waals surface area contributed by atoms with E-state index in [-0.39, 0.29) is 18.6 Å². The summed E-state index contributed by atoms with van der Waals surface area (Å²) in [6.45, 7) is -0.0542. The monoisotopic (exact) mass is 235 g/mol. The van der Waals surface area contributed by atoms with Gasteiger partial charge in [-0.25, -0.2) is 4.79 Å². The number of carbonyl (C=O) groups is 1. The van der Waals surface area contributed by atoms with Crippen LogP contribution in [0.25, 0.3) is 0 Å². The normalized spacial score (nSPS) is 18.4. The first kappa shape index (κ1) is 11.9. The molecular formula is C13H17NO3. The average Bonchev–Trinajstić information content (AvgIpc) is 2.36. The second-order valence-corrected chi connectivity index (χ2v) is 4.22. The third kappa shape index (κ3) is 2.77. The largest absolute Gasteiger partial charge is 0.482 e. The molecule has 0 aliphatic heterocycles. The Hall–Kier alpha value is -1.55. The molecule has 0 saturated carbocycles. The summed E-state index contributed by atoms with van der Waals surface area (Å²) in [5.74, 6) is 0.322. The Bertz CT molecular complexity index is 417. The predicted molar refractivity (Wildman–Crippen MR) is 63.8 cm³/mol. The van der Waals surface area contributed by atoms with E-state index in [9.17, 15) is 4.79 Å². The van der Waals surface area contributed by atoms with Gasteiger partial charge in [0.2, 0.25) is 0 Å². The van der Waals surface area contributed by atoms with Crippen molar-refractivity contribution >= 4 is 5.97 Å². The van der Waals surface area contributed by atoms with Crippen molar-refractivity contribution in [3.63, 3.8) is 0 Å². The van der Waals surface area contributed by atoms with Crippen LogP contribution in [-0.4, -0.2) is 19.7 Å². The lowest BCUT2D eigenvalue weighted by Gasteiger charge is -2.22. The van der Waals surface area contributed by atoms with E-state index in [1.54, 1.807) is 0 Å². The van der Waals surface area contributed by atoms with Gasteiger partial charge >= 0.3 is 5.97 Å². The van der Waals surface area contributed by atoms with Gasteiger partial charge in [0.1, 0.15) is 5.75 Å². The molecule has 4 nitrogen and oxygen atoms in total. The average molecular weight is 235 g/mol. The topological polar surface area (TPSA) is 61.5 Å². The number of aryl methyl sites for hydroxylation is 1. The second kappa shape index (κ2) is 5.19. The van der Waals surface area contributed by atoms with Crippen LogP contribution in [0.2, 0.25) is 0 Å². The maximum Gasteiger partial charge on any atom is 0.343 e. The lowest BCUT2D eigenvalue weighted by Crippen LogP contribution is -2.18. The Kier molecular flexibility index (Phi) is 3.64. The second-order valence-electron chi connectivity index (χ2n) is 4.22. The van der Waals surface area contributed by atoms with Gasteiger partial charge in [-0.2, -0.15) is 0 Å². The number of carbonyl (C=O) groups excluding carboxylic acids is 1. The molecule has 0 fully saturated rings. The Labute approximate surface area is 101 Å². The molecule has 4 heteroatoms. The van der Waals surface area contributed by atoms with E-state index in [0.29, 0.717) is 5.75 Å². The lowest BCUT2D eigenvalue weighted by molar-refractivity contribution is -0.142. The molecule has 0 radical (unpaired) electrons. The van der Waals surface area contributed by atoms with Crippen LogP contribution in [0, 0.1) is 0 Å². The van der Waals surface area contributed by atoms with Gasteiger partial charge in [0.15, 0.2) is 6.61 Å². The van der Waals surface area contributed by atoms with E-state index < -0.39 is 0 Å².